The van der Waals surface area contributed by atoms with Crippen molar-refractivity contribution in [2.75, 3.05) is 6.54 Å². The maximum atomic E-state index is 11.9. The van der Waals surface area contributed by atoms with Crippen LogP contribution in [0.25, 0.3) is 0 Å². The van der Waals surface area contributed by atoms with Crippen molar-refractivity contribution in [3.05, 3.63) is 60.4 Å². The number of carbonyl (C=O) groups excluding carboxylic acids is 2. The number of benzene rings is 1. The average molecular weight is 298 g/mol. The van der Waals surface area contributed by atoms with Gasteiger partial charge in [0, 0.05) is 24.9 Å². The van der Waals surface area contributed by atoms with E-state index in [4.69, 9.17) is 4.74 Å². The second kappa shape index (κ2) is 7.93. The van der Waals surface area contributed by atoms with Crippen LogP contribution in [0.1, 0.15) is 12.6 Å². The number of hydrogen-bond donors (Lipinski definition) is 1. The standard InChI is InChI=1S/C17H18N2O3/c1-13(17(21)22-15-8-3-2-4-9-15)16(20)19-12-10-14-7-5-6-11-18-14/h2-9,11,13H,10,12H2,1H3,(H,19,20). The van der Waals surface area contributed by atoms with Gasteiger partial charge in [-0.3, -0.25) is 14.6 Å². The lowest BCUT2D eigenvalue weighted by Gasteiger charge is -2.11. The zero-order valence-corrected chi connectivity index (χ0v) is 12.4. The van der Waals surface area contributed by atoms with Crippen molar-refractivity contribution in [1.29, 1.82) is 0 Å². The summed E-state index contributed by atoms with van der Waals surface area (Å²) in [6, 6.07) is 14.3. The predicted octanol–water partition coefficient (Wildman–Crippen LogP) is 1.98. The van der Waals surface area contributed by atoms with Crippen molar-refractivity contribution < 1.29 is 14.3 Å². The number of nitrogens with zero attached hydrogens (tertiary/aromatic N) is 1. The molecule has 0 aliphatic rings. The number of hydrogen-bond acceptors (Lipinski definition) is 4. The van der Waals surface area contributed by atoms with Crippen LogP contribution in [0.5, 0.6) is 5.75 Å². The van der Waals surface area contributed by atoms with Gasteiger partial charge >= 0.3 is 5.97 Å². The second-order valence-electron chi connectivity index (χ2n) is 4.82. The molecule has 2 aromatic rings. The Balaban J connectivity index is 1.78. The molecule has 1 atom stereocenters. The van der Waals surface area contributed by atoms with Gasteiger partial charge in [0.15, 0.2) is 0 Å². The summed E-state index contributed by atoms with van der Waals surface area (Å²) in [5, 5.41) is 2.72. The van der Waals surface area contributed by atoms with E-state index >= 15 is 0 Å². The van der Waals surface area contributed by atoms with E-state index in [1.54, 1.807) is 30.5 Å². The molecule has 0 bridgehead atoms. The van der Waals surface area contributed by atoms with Crippen LogP contribution < -0.4 is 10.1 Å². The lowest BCUT2D eigenvalue weighted by Crippen LogP contribution is -2.36. The van der Waals surface area contributed by atoms with Gasteiger partial charge in [-0.15, -0.1) is 0 Å². The first-order valence-corrected chi connectivity index (χ1v) is 7.11. The highest BCUT2D eigenvalue weighted by molar-refractivity contribution is 5.98. The van der Waals surface area contributed by atoms with Crippen molar-refractivity contribution in [2.24, 2.45) is 5.92 Å². The van der Waals surface area contributed by atoms with Crippen LogP contribution in [0, 0.1) is 5.92 Å². The minimum Gasteiger partial charge on any atom is -0.426 e. The molecule has 5 heteroatoms. The third kappa shape index (κ3) is 4.70. The van der Waals surface area contributed by atoms with Crippen LogP contribution in [0.15, 0.2) is 54.7 Å². The highest BCUT2D eigenvalue weighted by Crippen LogP contribution is 2.11. The zero-order chi connectivity index (χ0) is 15.8. The fourth-order valence-corrected chi connectivity index (χ4v) is 1.81. The average Bonchev–Trinajstić information content (AvgIpc) is 2.56. The molecule has 1 heterocycles. The van der Waals surface area contributed by atoms with Crippen LogP contribution in [0.2, 0.25) is 0 Å². The largest absolute Gasteiger partial charge is 0.426 e. The topological polar surface area (TPSA) is 68.3 Å². The molecule has 0 spiro atoms. The smallest absolute Gasteiger partial charge is 0.323 e. The fraction of sp³-hybridized carbons (Fsp3) is 0.235. The van der Waals surface area contributed by atoms with Crippen LogP contribution in [0.3, 0.4) is 0 Å². The molecule has 22 heavy (non-hydrogen) atoms. The molecular formula is C17H18N2O3. The molecule has 0 saturated heterocycles. The van der Waals surface area contributed by atoms with Crippen molar-refractivity contribution >= 4 is 11.9 Å². The third-order valence-corrected chi connectivity index (χ3v) is 3.12. The monoisotopic (exact) mass is 298 g/mol. The first-order valence-electron chi connectivity index (χ1n) is 7.11. The number of amides is 1. The Morgan fingerprint density at radius 1 is 1.14 bits per heavy atom. The van der Waals surface area contributed by atoms with Crippen molar-refractivity contribution in [2.45, 2.75) is 13.3 Å². The lowest BCUT2D eigenvalue weighted by atomic mass is 10.1. The first-order chi connectivity index (χ1) is 10.7. The van der Waals surface area contributed by atoms with Gasteiger partial charge in [0.1, 0.15) is 11.7 Å². The Bertz CT molecular complexity index is 614. The fourth-order valence-electron chi connectivity index (χ4n) is 1.81. The molecule has 1 unspecified atom stereocenters. The SMILES string of the molecule is CC(C(=O)NCCc1ccccn1)C(=O)Oc1ccccc1. The Kier molecular flexibility index (Phi) is 5.65. The van der Waals surface area contributed by atoms with Gasteiger partial charge < -0.3 is 10.1 Å². The molecule has 0 aliphatic heterocycles. The maximum absolute atomic E-state index is 11.9. The molecule has 1 aromatic carbocycles. The van der Waals surface area contributed by atoms with Crippen molar-refractivity contribution in [1.82, 2.24) is 10.3 Å². The normalized spacial score (nSPS) is 11.5. The van der Waals surface area contributed by atoms with Crippen LogP contribution >= 0.6 is 0 Å². The van der Waals surface area contributed by atoms with E-state index in [9.17, 15) is 9.59 Å². The Morgan fingerprint density at radius 3 is 2.55 bits per heavy atom. The number of ether oxygens (including phenoxy) is 1. The molecule has 0 aliphatic carbocycles. The number of aromatic nitrogens is 1. The quantitative estimate of drug-likeness (QED) is 0.503. The van der Waals surface area contributed by atoms with E-state index < -0.39 is 11.9 Å². The number of esters is 1. The van der Waals surface area contributed by atoms with Crippen molar-refractivity contribution in [3.8, 4) is 5.75 Å². The Morgan fingerprint density at radius 2 is 1.86 bits per heavy atom. The molecule has 2 rings (SSSR count). The summed E-state index contributed by atoms with van der Waals surface area (Å²) in [6.07, 6.45) is 2.32. The molecule has 0 radical (unpaired) electrons. The summed E-state index contributed by atoms with van der Waals surface area (Å²) in [4.78, 5) is 28.0. The van der Waals surface area contributed by atoms with Gasteiger partial charge in [-0.1, -0.05) is 24.3 Å². The highest BCUT2D eigenvalue weighted by Gasteiger charge is 2.23. The van der Waals surface area contributed by atoms with Gasteiger partial charge in [0.25, 0.3) is 0 Å². The van der Waals surface area contributed by atoms with Gasteiger partial charge in [-0.05, 0) is 31.2 Å². The van der Waals surface area contributed by atoms with Crippen LogP contribution in [0.4, 0.5) is 0 Å². The maximum Gasteiger partial charge on any atom is 0.323 e. The van der Waals surface area contributed by atoms with E-state index in [1.807, 2.05) is 24.3 Å². The summed E-state index contributed by atoms with van der Waals surface area (Å²) in [5.74, 6) is -1.34. The molecule has 0 fully saturated rings. The van der Waals surface area contributed by atoms with Crippen molar-refractivity contribution in [3.63, 3.8) is 0 Å². The summed E-state index contributed by atoms with van der Waals surface area (Å²) >= 11 is 0. The van der Waals surface area contributed by atoms with E-state index in [2.05, 4.69) is 10.3 Å². The molecule has 1 amide bonds. The number of pyridine rings is 1. The van der Waals surface area contributed by atoms with Gasteiger partial charge in [0.2, 0.25) is 5.91 Å². The summed E-state index contributed by atoms with van der Waals surface area (Å²) in [5.41, 5.74) is 0.891. The predicted molar refractivity (Wildman–Crippen MR) is 82.2 cm³/mol. The van der Waals surface area contributed by atoms with E-state index in [0.717, 1.165) is 5.69 Å². The Labute approximate surface area is 129 Å². The number of carbonyl (C=O) groups is 2. The molecule has 0 saturated carbocycles. The van der Waals surface area contributed by atoms with Gasteiger partial charge in [-0.2, -0.15) is 0 Å². The van der Waals surface area contributed by atoms with Crippen LogP contribution in [-0.4, -0.2) is 23.4 Å². The molecule has 5 nitrogen and oxygen atoms in total. The third-order valence-electron chi connectivity index (χ3n) is 3.12. The zero-order valence-electron chi connectivity index (χ0n) is 12.4. The summed E-state index contributed by atoms with van der Waals surface area (Å²) in [6.45, 7) is 1.96. The number of rotatable bonds is 6. The van der Waals surface area contributed by atoms with Gasteiger partial charge in [0.05, 0.1) is 0 Å². The summed E-state index contributed by atoms with van der Waals surface area (Å²) < 4.78 is 5.15. The number of nitrogens with one attached hydrogen (secondary N) is 1. The minimum atomic E-state index is -0.857. The molecule has 114 valence electrons. The van der Waals surface area contributed by atoms with Crippen LogP contribution in [-0.2, 0) is 16.0 Å². The van der Waals surface area contributed by atoms with E-state index in [-0.39, 0.29) is 5.91 Å². The van der Waals surface area contributed by atoms with E-state index in [1.165, 1.54) is 6.92 Å². The number of para-hydroxylation sites is 1. The van der Waals surface area contributed by atoms with E-state index in [0.29, 0.717) is 18.7 Å². The highest BCUT2D eigenvalue weighted by atomic mass is 16.5. The summed E-state index contributed by atoms with van der Waals surface area (Å²) in [7, 11) is 0. The second-order valence-corrected chi connectivity index (χ2v) is 4.82. The molecule has 1 aromatic heterocycles. The first kappa shape index (κ1) is 15.7. The molecular weight excluding hydrogens is 280 g/mol. The Hall–Kier alpha value is -2.69. The minimum absolute atomic E-state index is 0.350. The molecule has 1 N–H and O–H groups in total. The van der Waals surface area contributed by atoms with Gasteiger partial charge in [-0.25, -0.2) is 0 Å². The lowest BCUT2D eigenvalue weighted by molar-refractivity contribution is -0.143.